The third kappa shape index (κ3) is 8.77. The Kier molecular flexibility index (Phi) is 12.6. The van der Waals surface area contributed by atoms with Crippen molar-refractivity contribution < 1.29 is 21.6 Å². The van der Waals surface area contributed by atoms with Crippen LogP contribution in [0.2, 0.25) is 0 Å². The number of aldehydes is 1. The van der Waals surface area contributed by atoms with E-state index in [4.69, 9.17) is 0 Å². The van der Waals surface area contributed by atoms with Crippen LogP contribution in [-0.4, -0.2) is 125 Å². The molecule has 2 aromatic heterocycles. The van der Waals surface area contributed by atoms with E-state index in [-0.39, 0.29) is 21.0 Å². The fourth-order valence-corrected chi connectivity index (χ4v) is 11.2. The van der Waals surface area contributed by atoms with E-state index in [0.29, 0.717) is 43.9 Å². The van der Waals surface area contributed by atoms with Crippen molar-refractivity contribution in [1.29, 1.82) is 0 Å². The molecule has 4 heterocycles. The molecule has 13 nitrogen and oxygen atoms in total. The number of nitrogens with zero attached hydrogens (tertiary/aromatic N) is 5. The Bertz CT molecular complexity index is 3090. The third-order valence-electron chi connectivity index (χ3n) is 11.7. The van der Waals surface area contributed by atoms with Crippen molar-refractivity contribution in [2.75, 3.05) is 66.5 Å². The first-order valence-corrected chi connectivity index (χ1v) is 23.6. The van der Waals surface area contributed by atoms with Gasteiger partial charge in [-0.25, -0.2) is 16.8 Å². The number of rotatable bonds is 7. The van der Waals surface area contributed by atoms with Crippen molar-refractivity contribution >= 4 is 69.3 Å². The molecule has 2 aliphatic heterocycles. The van der Waals surface area contributed by atoms with Crippen LogP contribution in [0, 0.1) is 0 Å². The molecule has 6 aromatic carbocycles. The van der Waals surface area contributed by atoms with E-state index in [1.165, 1.54) is 19.2 Å². The van der Waals surface area contributed by atoms with Crippen molar-refractivity contribution in [3.05, 3.63) is 132 Å². The zero-order valence-corrected chi connectivity index (χ0v) is 36.6. The highest BCUT2D eigenvalue weighted by Gasteiger charge is 2.28. The van der Waals surface area contributed by atoms with Crippen LogP contribution in [0.3, 0.4) is 0 Å². The number of aromatic nitrogens is 4. The summed E-state index contributed by atoms with van der Waals surface area (Å²) in [6, 6.07) is 36.3. The topological polar surface area (TPSA) is 164 Å². The first-order valence-electron chi connectivity index (χ1n) is 20.6. The van der Waals surface area contributed by atoms with Gasteiger partial charge in [-0.2, -0.15) is 10.2 Å². The van der Waals surface area contributed by atoms with Crippen molar-refractivity contribution in [1.82, 2.24) is 40.4 Å². The molecule has 62 heavy (non-hydrogen) atoms. The molecule has 15 heteroatoms. The van der Waals surface area contributed by atoms with Crippen molar-refractivity contribution in [3.63, 3.8) is 0 Å². The largest absolute Gasteiger partial charge is 0.314 e. The molecular weight excluding hydrogens is 821 g/mol. The van der Waals surface area contributed by atoms with Gasteiger partial charge in [0.15, 0.2) is 10.1 Å². The average molecular weight is 871 g/mol. The Morgan fingerprint density at radius 1 is 0.565 bits per heavy atom. The number of carbonyl (C=O) groups is 1. The van der Waals surface area contributed by atoms with Crippen LogP contribution < -0.4 is 5.32 Å². The van der Waals surface area contributed by atoms with Gasteiger partial charge in [0, 0.05) is 85.5 Å². The van der Waals surface area contributed by atoms with Crippen LogP contribution in [0.5, 0.6) is 0 Å². The van der Waals surface area contributed by atoms with Gasteiger partial charge in [0.25, 0.3) is 0 Å². The van der Waals surface area contributed by atoms with E-state index < -0.39 is 19.7 Å². The van der Waals surface area contributed by atoms with E-state index in [1.54, 1.807) is 48.5 Å². The molecule has 1 atom stereocenters. The second-order valence-corrected chi connectivity index (χ2v) is 19.5. The van der Waals surface area contributed by atoms with Gasteiger partial charge in [0.1, 0.15) is 6.29 Å². The number of aromatic amines is 2. The standard InChI is InChI=1S/C24H26N4O2S.C18H12N2O3S.C5H12N2/c1-17(28-14-12-27(2)13-15-28)19-10-11-22-21(16-19)24(26-25-22)31(29,30)23-9-5-7-18-6-3-4-8-20(18)23;21-11-12-8-9-16-15(10-12)18(20-19-16)24(22,23)17-7-3-5-13-4-1-2-6-14(13)17;1-7-4-2-6-3-5-7/h3-11,16-17H,12-15H2,1-2H3,(H,25,26);1-11H,(H,19,20);6H,2-5H2,1H3. The van der Waals surface area contributed by atoms with Crippen molar-refractivity contribution in [2.45, 2.75) is 32.8 Å². The molecule has 3 N–H and O–H groups in total. The van der Waals surface area contributed by atoms with E-state index >= 15 is 0 Å². The Balaban J connectivity index is 0.000000151. The molecule has 8 aromatic rings. The molecule has 0 amide bonds. The Morgan fingerprint density at radius 3 is 1.56 bits per heavy atom. The Labute approximate surface area is 361 Å². The summed E-state index contributed by atoms with van der Waals surface area (Å²) in [4.78, 5) is 18.6. The number of piperazine rings is 2. The fourth-order valence-electron chi connectivity index (χ4n) is 8.03. The number of fused-ring (bicyclic) bond motifs is 4. The van der Waals surface area contributed by atoms with Crippen LogP contribution in [-0.2, 0) is 19.7 Å². The minimum absolute atomic E-state index is 0.00227. The van der Waals surface area contributed by atoms with Gasteiger partial charge in [-0.1, -0.05) is 78.9 Å². The molecule has 0 bridgehead atoms. The van der Waals surface area contributed by atoms with Gasteiger partial charge in [-0.3, -0.25) is 19.9 Å². The monoisotopic (exact) mass is 870 g/mol. The minimum atomic E-state index is -3.81. The molecule has 320 valence electrons. The molecule has 0 saturated carbocycles. The first kappa shape index (κ1) is 42.9. The number of carbonyl (C=O) groups excluding carboxylic acids is 1. The van der Waals surface area contributed by atoms with Gasteiger partial charge < -0.3 is 15.1 Å². The minimum Gasteiger partial charge on any atom is -0.314 e. The number of nitrogens with one attached hydrogen (secondary N) is 3. The molecule has 1 unspecified atom stereocenters. The van der Waals surface area contributed by atoms with E-state index in [1.807, 2.05) is 60.7 Å². The van der Waals surface area contributed by atoms with Crippen LogP contribution in [0.25, 0.3) is 43.4 Å². The number of likely N-dealkylation sites (N-methyl/N-ethyl adjacent to an activating group) is 2. The van der Waals surface area contributed by atoms with Gasteiger partial charge in [0.2, 0.25) is 19.7 Å². The zero-order valence-electron chi connectivity index (χ0n) is 35.0. The summed E-state index contributed by atoms with van der Waals surface area (Å²) in [5, 5.41) is 21.4. The third-order valence-corrected chi connectivity index (χ3v) is 15.3. The maximum Gasteiger partial charge on any atom is 0.224 e. The van der Waals surface area contributed by atoms with Crippen molar-refractivity contribution in [2.24, 2.45) is 0 Å². The van der Waals surface area contributed by atoms with E-state index in [2.05, 4.69) is 67.5 Å². The predicted octanol–water partition coefficient (Wildman–Crippen LogP) is 6.74. The highest BCUT2D eigenvalue weighted by molar-refractivity contribution is 7.92. The molecule has 2 saturated heterocycles. The summed E-state index contributed by atoms with van der Waals surface area (Å²) in [6.45, 7) is 11.0. The second kappa shape index (κ2) is 18.3. The summed E-state index contributed by atoms with van der Waals surface area (Å²) in [6.07, 6.45) is 0.681. The molecule has 2 fully saturated rings. The smallest absolute Gasteiger partial charge is 0.224 e. The lowest BCUT2D eigenvalue weighted by Gasteiger charge is -2.36. The van der Waals surface area contributed by atoms with E-state index in [0.717, 1.165) is 61.0 Å². The lowest BCUT2D eigenvalue weighted by molar-refractivity contribution is 0.112. The normalized spacial score (nSPS) is 16.1. The summed E-state index contributed by atoms with van der Waals surface area (Å²) in [5.41, 5.74) is 2.67. The number of benzene rings is 6. The second-order valence-electron chi connectivity index (χ2n) is 15.8. The van der Waals surface area contributed by atoms with Crippen LogP contribution in [0.1, 0.15) is 28.9 Å². The number of sulfone groups is 2. The number of hydrogen-bond acceptors (Lipinski definition) is 11. The van der Waals surface area contributed by atoms with Crippen LogP contribution >= 0.6 is 0 Å². The van der Waals surface area contributed by atoms with Gasteiger partial charge >= 0.3 is 0 Å². The zero-order chi connectivity index (χ0) is 43.4. The highest BCUT2D eigenvalue weighted by Crippen LogP contribution is 2.34. The predicted molar refractivity (Wildman–Crippen MR) is 244 cm³/mol. The maximum absolute atomic E-state index is 13.7. The molecular formula is C47H50N8O5S2. The quantitative estimate of drug-likeness (QED) is 0.145. The van der Waals surface area contributed by atoms with Gasteiger partial charge in [-0.05, 0) is 79.8 Å². The van der Waals surface area contributed by atoms with Gasteiger partial charge in [-0.15, -0.1) is 0 Å². The summed E-state index contributed by atoms with van der Waals surface area (Å²) < 4.78 is 53.6. The van der Waals surface area contributed by atoms with E-state index in [9.17, 15) is 21.6 Å². The highest BCUT2D eigenvalue weighted by atomic mass is 32.2. The summed E-state index contributed by atoms with van der Waals surface area (Å²) >= 11 is 0. The summed E-state index contributed by atoms with van der Waals surface area (Å²) in [7, 11) is -3.27. The lowest BCUT2D eigenvalue weighted by Crippen LogP contribution is -2.45. The Hall–Kier alpha value is -5.81. The first-order chi connectivity index (χ1) is 29.9. The Morgan fingerprint density at radius 2 is 1.05 bits per heavy atom. The number of hydrogen-bond donors (Lipinski definition) is 3. The SMILES string of the molecule is CC(c1ccc2n[nH]c(S(=O)(=O)c3cccc4ccccc34)c2c1)N1CCN(C)CC1.CN1CCNCC1.O=Cc1ccc2n[nH]c(S(=O)(=O)c3cccc4ccccc34)c2c1. The molecule has 10 rings (SSSR count). The van der Waals surface area contributed by atoms with Crippen molar-refractivity contribution in [3.8, 4) is 0 Å². The lowest BCUT2D eigenvalue weighted by atomic mass is 10.0. The van der Waals surface area contributed by atoms with Gasteiger partial charge in [0.05, 0.1) is 20.8 Å². The molecule has 2 aliphatic rings. The molecule has 0 radical (unpaired) electrons. The molecule has 0 spiro atoms. The fraction of sp³-hybridized carbons (Fsp3) is 0.255. The average Bonchev–Trinajstić information content (AvgIpc) is 3.94. The number of H-pyrrole nitrogens is 2. The summed E-state index contributed by atoms with van der Waals surface area (Å²) in [5.74, 6) is 0. The van der Waals surface area contributed by atoms with Crippen LogP contribution in [0.15, 0.2) is 141 Å². The molecule has 0 aliphatic carbocycles. The van der Waals surface area contributed by atoms with Crippen LogP contribution in [0.4, 0.5) is 0 Å². The maximum atomic E-state index is 13.7.